The SMILES string of the molecule is COc1ccc(CNC(=O)C(=O)NCCCc2ccccn2)cc1OC. The van der Waals surface area contributed by atoms with Crippen LogP contribution < -0.4 is 20.1 Å². The zero-order valence-corrected chi connectivity index (χ0v) is 15.0. The van der Waals surface area contributed by atoms with Crippen molar-refractivity contribution in [2.45, 2.75) is 19.4 Å². The van der Waals surface area contributed by atoms with Gasteiger partial charge >= 0.3 is 11.8 Å². The third-order valence-electron chi connectivity index (χ3n) is 3.73. The topological polar surface area (TPSA) is 89.5 Å². The Morgan fingerprint density at radius 1 is 1.00 bits per heavy atom. The Morgan fingerprint density at radius 2 is 1.77 bits per heavy atom. The smallest absolute Gasteiger partial charge is 0.309 e. The van der Waals surface area contributed by atoms with E-state index in [2.05, 4.69) is 15.6 Å². The molecule has 0 bridgehead atoms. The summed E-state index contributed by atoms with van der Waals surface area (Å²) < 4.78 is 10.4. The number of carbonyl (C=O) groups excluding carboxylic acids is 2. The van der Waals surface area contributed by atoms with E-state index in [0.717, 1.165) is 17.7 Å². The van der Waals surface area contributed by atoms with Crippen molar-refractivity contribution >= 4 is 11.8 Å². The van der Waals surface area contributed by atoms with Gasteiger partial charge in [-0.1, -0.05) is 12.1 Å². The summed E-state index contributed by atoms with van der Waals surface area (Å²) in [5.41, 5.74) is 1.76. The number of methoxy groups -OCH3 is 2. The number of pyridine rings is 1. The monoisotopic (exact) mass is 357 g/mol. The Balaban J connectivity index is 1.72. The summed E-state index contributed by atoms with van der Waals surface area (Å²) in [6.07, 6.45) is 3.19. The van der Waals surface area contributed by atoms with Crippen LogP contribution in [0.1, 0.15) is 17.7 Å². The third-order valence-corrected chi connectivity index (χ3v) is 3.73. The summed E-state index contributed by atoms with van der Waals surface area (Å²) in [5, 5.41) is 5.19. The van der Waals surface area contributed by atoms with Crippen LogP contribution in [0.3, 0.4) is 0 Å². The summed E-state index contributed by atoms with van der Waals surface area (Å²) in [6, 6.07) is 11.0. The molecule has 2 rings (SSSR count). The molecule has 0 aliphatic rings. The molecule has 0 radical (unpaired) electrons. The molecule has 0 saturated heterocycles. The number of carbonyl (C=O) groups is 2. The van der Waals surface area contributed by atoms with E-state index in [1.807, 2.05) is 18.2 Å². The Labute approximate surface area is 152 Å². The number of hydrogen-bond acceptors (Lipinski definition) is 5. The van der Waals surface area contributed by atoms with Crippen LogP contribution in [0.2, 0.25) is 0 Å². The lowest BCUT2D eigenvalue weighted by atomic mass is 10.2. The molecule has 2 N–H and O–H groups in total. The minimum Gasteiger partial charge on any atom is -0.493 e. The first kappa shape index (κ1) is 19.2. The average molecular weight is 357 g/mol. The first-order chi connectivity index (χ1) is 12.6. The van der Waals surface area contributed by atoms with Crippen LogP contribution in [0.5, 0.6) is 11.5 Å². The van der Waals surface area contributed by atoms with Crippen molar-refractivity contribution < 1.29 is 19.1 Å². The normalized spacial score (nSPS) is 10.1. The number of amides is 2. The van der Waals surface area contributed by atoms with Crippen LogP contribution in [0.4, 0.5) is 0 Å². The fourth-order valence-electron chi connectivity index (χ4n) is 2.35. The summed E-state index contributed by atoms with van der Waals surface area (Å²) in [5.74, 6) is -0.143. The molecule has 0 aliphatic carbocycles. The lowest BCUT2D eigenvalue weighted by molar-refractivity contribution is -0.139. The van der Waals surface area contributed by atoms with E-state index in [-0.39, 0.29) is 6.54 Å². The molecule has 2 amide bonds. The van der Waals surface area contributed by atoms with E-state index in [9.17, 15) is 9.59 Å². The molecule has 0 atom stereocenters. The first-order valence-electron chi connectivity index (χ1n) is 8.31. The van der Waals surface area contributed by atoms with Crippen molar-refractivity contribution in [3.63, 3.8) is 0 Å². The van der Waals surface area contributed by atoms with Gasteiger partial charge in [0, 0.05) is 25.0 Å². The molecule has 138 valence electrons. The maximum atomic E-state index is 11.9. The van der Waals surface area contributed by atoms with E-state index >= 15 is 0 Å². The number of nitrogens with zero attached hydrogens (tertiary/aromatic N) is 1. The van der Waals surface area contributed by atoms with Gasteiger partial charge in [0.15, 0.2) is 11.5 Å². The van der Waals surface area contributed by atoms with Crippen LogP contribution >= 0.6 is 0 Å². The quantitative estimate of drug-likeness (QED) is 0.552. The number of aryl methyl sites for hydroxylation is 1. The van der Waals surface area contributed by atoms with Crippen LogP contribution in [0.15, 0.2) is 42.6 Å². The second kappa shape index (κ2) is 10.0. The minimum absolute atomic E-state index is 0.223. The van der Waals surface area contributed by atoms with Crippen molar-refractivity contribution in [1.29, 1.82) is 0 Å². The van der Waals surface area contributed by atoms with Crippen molar-refractivity contribution in [2.24, 2.45) is 0 Å². The highest BCUT2D eigenvalue weighted by atomic mass is 16.5. The van der Waals surface area contributed by atoms with Gasteiger partial charge in [-0.3, -0.25) is 14.6 Å². The van der Waals surface area contributed by atoms with Crippen molar-refractivity contribution in [3.8, 4) is 11.5 Å². The maximum absolute atomic E-state index is 11.9. The van der Waals surface area contributed by atoms with Gasteiger partial charge in [-0.05, 0) is 42.7 Å². The lowest BCUT2D eigenvalue weighted by Crippen LogP contribution is -2.40. The van der Waals surface area contributed by atoms with Crippen LogP contribution in [0, 0.1) is 0 Å². The number of hydrogen-bond donors (Lipinski definition) is 2. The predicted molar refractivity (Wildman–Crippen MR) is 97.0 cm³/mol. The molecular weight excluding hydrogens is 334 g/mol. The molecule has 1 aromatic heterocycles. The molecule has 0 spiro atoms. The highest BCUT2D eigenvalue weighted by Crippen LogP contribution is 2.27. The minimum atomic E-state index is -0.669. The van der Waals surface area contributed by atoms with E-state index in [1.54, 1.807) is 38.6 Å². The molecule has 1 aromatic carbocycles. The molecule has 2 aromatic rings. The molecule has 0 saturated carbocycles. The summed E-state index contributed by atoms with van der Waals surface area (Å²) in [7, 11) is 3.09. The van der Waals surface area contributed by atoms with Gasteiger partial charge in [-0.2, -0.15) is 0 Å². The van der Waals surface area contributed by atoms with E-state index in [0.29, 0.717) is 24.5 Å². The molecule has 0 aliphatic heterocycles. The number of rotatable bonds is 8. The highest BCUT2D eigenvalue weighted by molar-refractivity contribution is 6.35. The highest BCUT2D eigenvalue weighted by Gasteiger charge is 2.13. The molecule has 0 unspecified atom stereocenters. The average Bonchev–Trinajstić information content (AvgIpc) is 2.69. The number of benzene rings is 1. The van der Waals surface area contributed by atoms with Gasteiger partial charge in [-0.25, -0.2) is 0 Å². The fourth-order valence-corrected chi connectivity index (χ4v) is 2.35. The summed E-state index contributed by atoms with van der Waals surface area (Å²) in [6.45, 7) is 0.639. The van der Waals surface area contributed by atoms with Gasteiger partial charge in [-0.15, -0.1) is 0 Å². The van der Waals surface area contributed by atoms with Crippen LogP contribution in [0.25, 0.3) is 0 Å². The molecule has 1 heterocycles. The van der Waals surface area contributed by atoms with Crippen molar-refractivity contribution in [2.75, 3.05) is 20.8 Å². The lowest BCUT2D eigenvalue weighted by Gasteiger charge is -2.10. The van der Waals surface area contributed by atoms with Gasteiger partial charge in [0.05, 0.1) is 14.2 Å². The number of nitrogens with one attached hydrogen (secondary N) is 2. The standard InChI is InChI=1S/C19H23N3O4/c1-25-16-9-8-14(12-17(16)26-2)13-22-19(24)18(23)21-11-5-7-15-6-3-4-10-20-15/h3-4,6,8-10,12H,5,7,11,13H2,1-2H3,(H,21,23)(H,22,24). The van der Waals surface area contributed by atoms with Crippen molar-refractivity contribution in [3.05, 3.63) is 53.9 Å². The Bertz CT molecular complexity index is 735. The first-order valence-corrected chi connectivity index (χ1v) is 8.31. The van der Waals surface area contributed by atoms with Gasteiger partial charge in [0.1, 0.15) is 0 Å². The summed E-state index contributed by atoms with van der Waals surface area (Å²) in [4.78, 5) is 27.9. The second-order valence-electron chi connectivity index (χ2n) is 5.55. The van der Waals surface area contributed by atoms with Crippen LogP contribution in [-0.4, -0.2) is 37.6 Å². The molecule has 7 nitrogen and oxygen atoms in total. The molecule has 0 fully saturated rings. The fraction of sp³-hybridized carbons (Fsp3) is 0.316. The second-order valence-corrected chi connectivity index (χ2v) is 5.55. The van der Waals surface area contributed by atoms with E-state index in [1.165, 1.54) is 0 Å². The Hall–Kier alpha value is -3.09. The Morgan fingerprint density at radius 3 is 2.46 bits per heavy atom. The largest absolute Gasteiger partial charge is 0.493 e. The van der Waals surface area contributed by atoms with Crippen LogP contribution in [-0.2, 0) is 22.6 Å². The van der Waals surface area contributed by atoms with Crippen molar-refractivity contribution in [1.82, 2.24) is 15.6 Å². The molecule has 26 heavy (non-hydrogen) atoms. The van der Waals surface area contributed by atoms with Gasteiger partial charge < -0.3 is 20.1 Å². The number of ether oxygens (including phenoxy) is 2. The maximum Gasteiger partial charge on any atom is 0.309 e. The van der Waals surface area contributed by atoms with E-state index < -0.39 is 11.8 Å². The number of aromatic nitrogens is 1. The predicted octanol–water partition coefficient (Wildman–Crippen LogP) is 1.46. The molecular formula is C19H23N3O4. The molecule has 7 heteroatoms. The third kappa shape index (κ3) is 5.77. The zero-order chi connectivity index (χ0) is 18.8. The Kier molecular flexibility index (Phi) is 7.42. The zero-order valence-electron chi connectivity index (χ0n) is 15.0. The summed E-state index contributed by atoms with van der Waals surface area (Å²) >= 11 is 0. The van der Waals surface area contributed by atoms with Gasteiger partial charge in [0.2, 0.25) is 0 Å². The van der Waals surface area contributed by atoms with E-state index in [4.69, 9.17) is 9.47 Å². The van der Waals surface area contributed by atoms with Gasteiger partial charge in [0.25, 0.3) is 0 Å².